The highest BCUT2D eigenvalue weighted by molar-refractivity contribution is 5.94. The third-order valence-electron chi connectivity index (χ3n) is 5.12. The van der Waals surface area contributed by atoms with Crippen molar-refractivity contribution in [1.29, 1.82) is 0 Å². The Morgan fingerprint density at radius 3 is 2.30 bits per heavy atom. The van der Waals surface area contributed by atoms with Gasteiger partial charge in [0.05, 0.1) is 7.11 Å². The lowest BCUT2D eigenvalue weighted by molar-refractivity contribution is 0.0701. The SMILES string of the molecule is COc1ccc(C(=O)N(CCN2CCN(C)CC2)Cc2ccccc2)cc1. The van der Waals surface area contributed by atoms with Gasteiger partial charge in [0.15, 0.2) is 0 Å². The number of methoxy groups -OCH3 is 1. The number of nitrogens with zero attached hydrogens (tertiary/aromatic N) is 3. The van der Waals surface area contributed by atoms with Gasteiger partial charge >= 0.3 is 0 Å². The van der Waals surface area contributed by atoms with Gasteiger partial charge < -0.3 is 14.5 Å². The van der Waals surface area contributed by atoms with Gasteiger partial charge in [-0.05, 0) is 36.9 Å². The molecule has 5 heteroatoms. The van der Waals surface area contributed by atoms with Gasteiger partial charge in [0.25, 0.3) is 5.91 Å². The van der Waals surface area contributed by atoms with Crippen LogP contribution in [-0.2, 0) is 6.54 Å². The summed E-state index contributed by atoms with van der Waals surface area (Å²) in [7, 11) is 3.79. The Morgan fingerprint density at radius 1 is 1.00 bits per heavy atom. The number of benzene rings is 2. The fraction of sp³-hybridized carbons (Fsp3) is 0.409. The highest BCUT2D eigenvalue weighted by Gasteiger charge is 2.19. The van der Waals surface area contributed by atoms with Gasteiger partial charge in [0.1, 0.15) is 5.75 Å². The summed E-state index contributed by atoms with van der Waals surface area (Å²) in [5.74, 6) is 0.828. The largest absolute Gasteiger partial charge is 0.497 e. The molecule has 0 aliphatic carbocycles. The van der Waals surface area contributed by atoms with Crippen molar-refractivity contribution in [1.82, 2.24) is 14.7 Å². The first kappa shape index (κ1) is 19.4. The van der Waals surface area contributed by atoms with Crippen LogP contribution in [0, 0.1) is 0 Å². The zero-order valence-electron chi connectivity index (χ0n) is 16.3. The van der Waals surface area contributed by atoms with Crippen LogP contribution >= 0.6 is 0 Å². The highest BCUT2D eigenvalue weighted by Crippen LogP contribution is 2.15. The molecule has 144 valence electrons. The Balaban J connectivity index is 1.69. The van der Waals surface area contributed by atoms with Gasteiger partial charge in [-0.25, -0.2) is 0 Å². The molecule has 2 aromatic rings. The predicted octanol–water partition coefficient (Wildman–Crippen LogP) is 2.58. The van der Waals surface area contributed by atoms with Crippen molar-refractivity contribution >= 4 is 5.91 Å². The average molecular weight is 367 g/mol. The van der Waals surface area contributed by atoms with Crippen molar-refractivity contribution in [2.45, 2.75) is 6.54 Å². The van der Waals surface area contributed by atoms with Crippen molar-refractivity contribution in [3.8, 4) is 5.75 Å². The summed E-state index contributed by atoms with van der Waals surface area (Å²) in [6, 6.07) is 17.6. The fourth-order valence-electron chi connectivity index (χ4n) is 3.31. The van der Waals surface area contributed by atoms with Crippen molar-refractivity contribution < 1.29 is 9.53 Å². The molecule has 1 amide bonds. The molecule has 0 radical (unpaired) electrons. The Kier molecular flexibility index (Phi) is 6.85. The van der Waals surface area contributed by atoms with E-state index in [1.165, 1.54) is 0 Å². The third kappa shape index (κ3) is 5.55. The molecule has 0 unspecified atom stereocenters. The molecule has 3 rings (SSSR count). The van der Waals surface area contributed by atoms with Crippen LogP contribution in [0.25, 0.3) is 0 Å². The van der Waals surface area contributed by atoms with Crippen LogP contribution in [-0.4, -0.2) is 74.0 Å². The molecule has 1 aliphatic heterocycles. The predicted molar refractivity (Wildman–Crippen MR) is 108 cm³/mol. The molecule has 5 nitrogen and oxygen atoms in total. The lowest BCUT2D eigenvalue weighted by atomic mass is 10.1. The number of carbonyl (C=O) groups excluding carboxylic acids is 1. The van der Waals surface area contributed by atoms with E-state index in [2.05, 4.69) is 29.0 Å². The van der Waals surface area contributed by atoms with Crippen LogP contribution < -0.4 is 4.74 Å². The number of hydrogen-bond acceptors (Lipinski definition) is 4. The Bertz CT molecular complexity index is 710. The van der Waals surface area contributed by atoms with E-state index in [0.29, 0.717) is 12.1 Å². The first-order valence-electron chi connectivity index (χ1n) is 9.54. The zero-order valence-corrected chi connectivity index (χ0v) is 16.3. The summed E-state index contributed by atoms with van der Waals surface area (Å²) in [5, 5.41) is 0. The smallest absolute Gasteiger partial charge is 0.254 e. The molecule has 0 N–H and O–H groups in total. The minimum Gasteiger partial charge on any atom is -0.497 e. The van der Waals surface area contributed by atoms with Crippen LogP contribution in [0.3, 0.4) is 0 Å². The molecule has 1 heterocycles. The van der Waals surface area contributed by atoms with Crippen LogP contribution in [0.1, 0.15) is 15.9 Å². The first-order valence-corrected chi connectivity index (χ1v) is 9.54. The maximum absolute atomic E-state index is 13.1. The Hall–Kier alpha value is -2.37. The van der Waals surface area contributed by atoms with Crippen molar-refractivity contribution in [3.63, 3.8) is 0 Å². The summed E-state index contributed by atoms with van der Waals surface area (Å²) < 4.78 is 5.21. The van der Waals surface area contributed by atoms with Gasteiger partial charge in [0, 0.05) is 51.4 Å². The monoisotopic (exact) mass is 367 g/mol. The van der Waals surface area contributed by atoms with Crippen LogP contribution in [0.2, 0.25) is 0 Å². The summed E-state index contributed by atoms with van der Waals surface area (Å²) in [6.07, 6.45) is 0. The van der Waals surface area contributed by atoms with E-state index in [1.807, 2.05) is 47.4 Å². The number of piperazine rings is 1. The average Bonchev–Trinajstić information content (AvgIpc) is 2.72. The second kappa shape index (κ2) is 9.53. The lowest BCUT2D eigenvalue weighted by Gasteiger charge is -2.34. The number of carbonyl (C=O) groups is 1. The minimum atomic E-state index is 0.0654. The molecule has 0 saturated carbocycles. The first-order chi connectivity index (χ1) is 13.2. The van der Waals surface area contributed by atoms with Crippen molar-refractivity contribution in [2.75, 3.05) is 53.4 Å². The minimum absolute atomic E-state index is 0.0654. The topological polar surface area (TPSA) is 36.0 Å². The van der Waals surface area contributed by atoms with Gasteiger partial charge in [-0.15, -0.1) is 0 Å². The molecule has 2 aromatic carbocycles. The van der Waals surface area contributed by atoms with E-state index < -0.39 is 0 Å². The summed E-state index contributed by atoms with van der Waals surface area (Å²) in [5.41, 5.74) is 1.85. The standard InChI is InChI=1S/C22H29N3O2/c1-23-12-14-24(15-13-23)16-17-25(18-19-6-4-3-5-7-19)22(26)20-8-10-21(27-2)11-9-20/h3-11H,12-18H2,1-2H3. The van der Waals surface area contributed by atoms with Gasteiger partial charge in [-0.1, -0.05) is 30.3 Å². The lowest BCUT2D eigenvalue weighted by Crippen LogP contribution is -2.47. The van der Waals surface area contributed by atoms with E-state index in [9.17, 15) is 4.79 Å². The van der Waals surface area contributed by atoms with E-state index in [-0.39, 0.29) is 5.91 Å². The summed E-state index contributed by atoms with van der Waals surface area (Å²) in [4.78, 5) is 19.9. The van der Waals surface area contributed by atoms with Crippen molar-refractivity contribution in [2.24, 2.45) is 0 Å². The third-order valence-corrected chi connectivity index (χ3v) is 5.12. The highest BCUT2D eigenvalue weighted by atomic mass is 16.5. The molecule has 0 atom stereocenters. The second-order valence-corrected chi connectivity index (χ2v) is 7.09. The molecule has 0 aromatic heterocycles. The molecule has 1 aliphatic rings. The molecular formula is C22H29N3O2. The maximum atomic E-state index is 13.1. The van der Waals surface area contributed by atoms with Gasteiger partial charge in [-0.3, -0.25) is 9.69 Å². The van der Waals surface area contributed by atoms with Gasteiger partial charge in [0.2, 0.25) is 0 Å². The molecule has 27 heavy (non-hydrogen) atoms. The van der Waals surface area contributed by atoms with Gasteiger partial charge in [-0.2, -0.15) is 0 Å². The van der Waals surface area contributed by atoms with Crippen LogP contribution in [0.4, 0.5) is 0 Å². The van der Waals surface area contributed by atoms with Crippen LogP contribution in [0.15, 0.2) is 54.6 Å². The summed E-state index contributed by atoms with van der Waals surface area (Å²) in [6.45, 7) is 6.56. The molecule has 1 saturated heterocycles. The maximum Gasteiger partial charge on any atom is 0.254 e. The Morgan fingerprint density at radius 2 is 1.67 bits per heavy atom. The number of likely N-dealkylation sites (N-methyl/N-ethyl adjacent to an activating group) is 1. The molecular weight excluding hydrogens is 338 g/mol. The quantitative estimate of drug-likeness (QED) is 0.754. The van der Waals surface area contributed by atoms with E-state index >= 15 is 0 Å². The molecule has 0 bridgehead atoms. The number of rotatable bonds is 7. The molecule has 0 spiro atoms. The second-order valence-electron chi connectivity index (χ2n) is 7.09. The summed E-state index contributed by atoms with van der Waals surface area (Å²) >= 11 is 0. The zero-order chi connectivity index (χ0) is 19.1. The fourth-order valence-corrected chi connectivity index (χ4v) is 3.31. The normalized spacial score (nSPS) is 15.5. The number of ether oxygens (including phenoxy) is 1. The number of amides is 1. The molecule has 1 fully saturated rings. The van der Waals surface area contributed by atoms with E-state index in [0.717, 1.165) is 50.6 Å². The van der Waals surface area contributed by atoms with Crippen LogP contribution in [0.5, 0.6) is 5.75 Å². The van der Waals surface area contributed by atoms with E-state index in [4.69, 9.17) is 4.74 Å². The van der Waals surface area contributed by atoms with Crippen molar-refractivity contribution in [3.05, 3.63) is 65.7 Å². The number of hydrogen-bond donors (Lipinski definition) is 0. The Labute approximate surface area is 162 Å². The van der Waals surface area contributed by atoms with E-state index in [1.54, 1.807) is 7.11 Å².